The van der Waals surface area contributed by atoms with Gasteiger partial charge in [0.15, 0.2) is 11.2 Å². The molecule has 1 amide bonds. The lowest BCUT2D eigenvalue weighted by Crippen LogP contribution is -2.33. The normalized spacial score (nSPS) is 14.7. The fourth-order valence-corrected chi connectivity index (χ4v) is 2.32. The minimum atomic E-state index is -1.66. The second kappa shape index (κ2) is 4.28. The first-order valence-corrected chi connectivity index (χ1v) is 5.62. The van der Waals surface area contributed by atoms with Crippen molar-refractivity contribution in [3.63, 3.8) is 0 Å². The molecule has 0 spiro atoms. The van der Waals surface area contributed by atoms with Gasteiger partial charge < -0.3 is 21.7 Å². The predicted molar refractivity (Wildman–Crippen MR) is 64.2 cm³/mol. The van der Waals surface area contributed by atoms with E-state index in [1.807, 2.05) is 0 Å². The summed E-state index contributed by atoms with van der Waals surface area (Å²) < 4.78 is 0.774. The van der Waals surface area contributed by atoms with Crippen molar-refractivity contribution < 1.29 is 15.0 Å². The van der Waals surface area contributed by atoms with E-state index in [0.29, 0.717) is 16.2 Å². The third-order valence-corrected chi connectivity index (χ3v) is 3.23. The molecule has 0 saturated carbocycles. The maximum Gasteiger partial charge on any atom is 0.249 e. The van der Waals surface area contributed by atoms with Gasteiger partial charge in [-0.2, -0.15) is 0 Å². The molecule has 1 heterocycles. The van der Waals surface area contributed by atoms with E-state index in [1.54, 1.807) is 18.2 Å². The summed E-state index contributed by atoms with van der Waals surface area (Å²) in [6.07, 6.45) is -3.07. The number of nitrogens with two attached hydrogens (primary N) is 2. The summed E-state index contributed by atoms with van der Waals surface area (Å²) in [4.78, 5) is 14.9. The number of carbonyl (C=O) groups is 1. The van der Waals surface area contributed by atoms with Gasteiger partial charge in [0.2, 0.25) is 5.91 Å². The van der Waals surface area contributed by atoms with E-state index in [0.717, 1.165) is 4.70 Å². The first-order valence-electron chi connectivity index (χ1n) is 4.81. The zero-order chi connectivity index (χ0) is 12.6. The van der Waals surface area contributed by atoms with Crippen LogP contribution in [0.15, 0.2) is 18.2 Å². The SMILES string of the molecule is NC(=O)C(O)C(O)c1cccc2sc(N)nc12. The summed E-state index contributed by atoms with van der Waals surface area (Å²) in [7, 11) is 0. The molecule has 2 rings (SSSR count). The van der Waals surface area contributed by atoms with Crippen LogP contribution < -0.4 is 11.5 Å². The number of thiazole rings is 1. The maximum atomic E-state index is 10.8. The summed E-state index contributed by atoms with van der Waals surface area (Å²) in [5.74, 6) is -0.988. The van der Waals surface area contributed by atoms with E-state index >= 15 is 0 Å². The van der Waals surface area contributed by atoms with Crippen molar-refractivity contribution in [2.45, 2.75) is 12.2 Å². The number of nitrogens with zero attached hydrogens (tertiary/aromatic N) is 1. The Kier molecular flexibility index (Phi) is 2.97. The highest BCUT2D eigenvalue weighted by Gasteiger charge is 2.25. The number of rotatable bonds is 3. The van der Waals surface area contributed by atoms with Gasteiger partial charge >= 0.3 is 0 Å². The highest BCUT2D eigenvalue weighted by atomic mass is 32.1. The van der Waals surface area contributed by atoms with Crippen LogP contribution in [0.3, 0.4) is 0 Å². The van der Waals surface area contributed by atoms with E-state index in [9.17, 15) is 15.0 Å². The molecule has 90 valence electrons. The molecular formula is C10H11N3O3S. The van der Waals surface area contributed by atoms with Gasteiger partial charge in [0.1, 0.15) is 6.10 Å². The van der Waals surface area contributed by atoms with Crippen LogP contribution >= 0.6 is 11.3 Å². The first kappa shape index (κ1) is 11.8. The molecule has 0 radical (unpaired) electrons. The van der Waals surface area contributed by atoms with Crippen molar-refractivity contribution in [3.05, 3.63) is 23.8 Å². The van der Waals surface area contributed by atoms with Crippen molar-refractivity contribution in [3.8, 4) is 0 Å². The standard InChI is InChI=1S/C10H11N3O3S/c11-9(16)8(15)7(14)4-2-1-3-5-6(4)13-10(12)17-5/h1-3,7-8,14-15H,(H2,11,16)(H2,12,13). The summed E-state index contributed by atoms with van der Waals surface area (Å²) in [5, 5.41) is 19.6. The first-order chi connectivity index (χ1) is 8.00. The van der Waals surface area contributed by atoms with Gasteiger partial charge in [-0.25, -0.2) is 4.98 Å². The number of primary amides is 1. The van der Waals surface area contributed by atoms with E-state index in [2.05, 4.69) is 4.98 Å². The van der Waals surface area contributed by atoms with Gasteiger partial charge in [0.05, 0.1) is 10.2 Å². The Labute approximate surface area is 100 Å². The number of aromatic nitrogens is 1. The Morgan fingerprint density at radius 1 is 1.41 bits per heavy atom. The van der Waals surface area contributed by atoms with Crippen LogP contribution in [0.5, 0.6) is 0 Å². The largest absolute Gasteiger partial charge is 0.385 e. The van der Waals surface area contributed by atoms with Gasteiger partial charge in [0, 0.05) is 5.56 Å². The second-order valence-electron chi connectivity index (χ2n) is 3.54. The van der Waals surface area contributed by atoms with Crippen LogP contribution in [0, 0.1) is 0 Å². The molecule has 0 saturated heterocycles. The smallest absolute Gasteiger partial charge is 0.249 e. The van der Waals surface area contributed by atoms with Crippen molar-refractivity contribution in [1.82, 2.24) is 4.98 Å². The lowest BCUT2D eigenvalue weighted by molar-refractivity contribution is -0.131. The zero-order valence-electron chi connectivity index (χ0n) is 8.70. The number of aliphatic hydroxyl groups is 2. The Balaban J connectivity index is 2.51. The molecule has 0 aliphatic carbocycles. The number of aliphatic hydroxyl groups excluding tert-OH is 2. The van der Waals surface area contributed by atoms with Crippen molar-refractivity contribution in [2.24, 2.45) is 5.73 Å². The molecule has 0 bridgehead atoms. The molecule has 0 aliphatic rings. The fourth-order valence-electron chi connectivity index (χ4n) is 1.55. The number of amides is 1. The molecule has 17 heavy (non-hydrogen) atoms. The number of para-hydroxylation sites is 1. The number of hydrogen-bond acceptors (Lipinski definition) is 6. The monoisotopic (exact) mass is 253 g/mol. The van der Waals surface area contributed by atoms with Crippen molar-refractivity contribution >= 4 is 32.6 Å². The third kappa shape index (κ3) is 2.07. The van der Waals surface area contributed by atoms with Gasteiger partial charge in [-0.3, -0.25) is 4.79 Å². The quantitative estimate of drug-likeness (QED) is 0.601. The van der Waals surface area contributed by atoms with Crippen molar-refractivity contribution in [1.29, 1.82) is 0 Å². The van der Waals surface area contributed by atoms with Crippen LogP contribution in [-0.4, -0.2) is 27.2 Å². The highest BCUT2D eigenvalue weighted by Crippen LogP contribution is 2.30. The lowest BCUT2D eigenvalue weighted by atomic mass is 10.0. The third-order valence-electron chi connectivity index (χ3n) is 2.38. The lowest BCUT2D eigenvalue weighted by Gasteiger charge is -2.15. The van der Waals surface area contributed by atoms with Crippen LogP contribution in [0.25, 0.3) is 10.2 Å². The number of carbonyl (C=O) groups excluding carboxylic acids is 1. The Morgan fingerprint density at radius 3 is 2.76 bits per heavy atom. The molecule has 1 aromatic carbocycles. The number of anilines is 1. The Bertz CT molecular complexity index is 569. The number of benzene rings is 1. The van der Waals surface area contributed by atoms with E-state index in [-0.39, 0.29) is 0 Å². The van der Waals surface area contributed by atoms with Gasteiger partial charge in [-0.05, 0) is 6.07 Å². The molecule has 1 aromatic heterocycles. The number of fused-ring (bicyclic) bond motifs is 1. The highest BCUT2D eigenvalue weighted by molar-refractivity contribution is 7.22. The maximum absolute atomic E-state index is 10.8. The van der Waals surface area contributed by atoms with Gasteiger partial charge in [0.25, 0.3) is 0 Å². The molecule has 6 nitrogen and oxygen atoms in total. The van der Waals surface area contributed by atoms with Gasteiger partial charge in [-0.15, -0.1) is 0 Å². The second-order valence-corrected chi connectivity index (χ2v) is 4.60. The molecular weight excluding hydrogens is 242 g/mol. The van der Waals surface area contributed by atoms with Crippen LogP contribution in [-0.2, 0) is 4.79 Å². The Hall–Kier alpha value is -1.70. The minimum absolute atomic E-state index is 0.335. The Morgan fingerprint density at radius 2 is 2.12 bits per heavy atom. The minimum Gasteiger partial charge on any atom is -0.385 e. The number of hydrogen-bond donors (Lipinski definition) is 4. The molecule has 2 atom stereocenters. The van der Waals surface area contributed by atoms with Crippen LogP contribution in [0.4, 0.5) is 5.13 Å². The average Bonchev–Trinajstić information content (AvgIpc) is 2.66. The molecule has 0 aliphatic heterocycles. The predicted octanol–water partition coefficient (Wildman–Crippen LogP) is -0.242. The summed E-state index contributed by atoms with van der Waals surface area (Å²) in [5.41, 5.74) is 11.3. The molecule has 0 fully saturated rings. The van der Waals surface area contributed by atoms with Crippen molar-refractivity contribution in [2.75, 3.05) is 5.73 Å². The average molecular weight is 253 g/mol. The van der Waals surface area contributed by atoms with Gasteiger partial charge in [-0.1, -0.05) is 23.5 Å². The summed E-state index contributed by atoms with van der Waals surface area (Å²) >= 11 is 1.26. The van der Waals surface area contributed by atoms with Crippen LogP contribution in [0.1, 0.15) is 11.7 Å². The number of nitrogen functional groups attached to an aromatic ring is 1. The van der Waals surface area contributed by atoms with E-state index in [4.69, 9.17) is 11.5 Å². The summed E-state index contributed by atoms with van der Waals surface area (Å²) in [6, 6.07) is 5.04. The van der Waals surface area contributed by atoms with E-state index < -0.39 is 18.1 Å². The van der Waals surface area contributed by atoms with E-state index in [1.165, 1.54) is 11.3 Å². The molecule has 2 unspecified atom stereocenters. The fraction of sp³-hybridized carbons (Fsp3) is 0.200. The topological polar surface area (TPSA) is 122 Å². The molecule has 2 aromatic rings. The molecule has 7 heteroatoms. The molecule has 6 N–H and O–H groups in total. The summed E-state index contributed by atoms with van der Waals surface area (Å²) in [6.45, 7) is 0. The zero-order valence-corrected chi connectivity index (χ0v) is 9.52. The van der Waals surface area contributed by atoms with Crippen LogP contribution in [0.2, 0.25) is 0 Å².